The second kappa shape index (κ2) is 6.01. The number of amides is 1. The standard InChI is InChI=1S/C18H28N2O2/c1-6-22-15-11-18(19,17(15,3)4)16(21)20(5)12-14-10-8-7-9-13(14)2/h7-10,15H,6,11-12,19H2,1-5H3. The summed E-state index contributed by atoms with van der Waals surface area (Å²) >= 11 is 0. The van der Waals surface area contributed by atoms with Crippen molar-refractivity contribution in [2.75, 3.05) is 13.7 Å². The molecule has 0 bridgehead atoms. The topological polar surface area (TPSA) is 55.6 Å². The minimum atomic E-state index is -0.843. The van der Waals surface area contributed by atoms with E-state index >= 15 is 0 Å². The van der Waals surface area contributed by atoms with Crippen LogP contribution in [0.5, 0.6) is 0 Å². The third kappa shape index (κ3) is 2.66. The summed E-state index contributed by atoms with van der Waals surface area (Å²) in [6, 6.07) is 8.12. The van der Waals surface area contributed by atoms with Crippen LogP contribution in [0.4, 0.5) is 0 Å². The van der Waals surface area contributed by atoms with Gasteiger partial charge in [0.1, 0.15) is 5.54 Å². The first kappa shape index (κ1) is 17.0. The largest absolute Gasteiger partial charge is 0.378 e. The van der Waals surface area contributed by atoms with Crippen molar-refractivity contribution in [3.8, 4) is 0 Å². The SMILES string of the molecule is CCOC1CC(N)(C(=O)N(C)Cc2ccccc2C)C1(C)C. The first-order valence-corrected chi connectivity index (χ1v) is 7.94. The Bertz CT molecular complexity index is 556. The lowest BCUT2D eigenvalue weighted by Gasteiger charge is -2.58. The van der Waals surface area contributed by atoms with E-state index in [1.54, 1.807) is 4.90 Å². The number of nitrogens with zero attached hydrogens (tertiary/aromatic N) is 1. The molecule has 1 aliphatic rings. The molecule has 0 spiro atoms. The molecule has 2 N–H and O–H groups in total. The number of carbonyl (C=O) groups excluding carboxylic acids is 1. The zero-order chi connectivity index (χ0) is 16.5. The number of rotatable bonds is 5. The van der Waals surface area contributed by atoms with Crippen LogP contribution < -0.4 is 5.73 Å². The molecule has 0 radical (unpaired) electrons. The van der Waals surface area contributed by atoms with Crippen LogP contribution in [-0.4, -0.2) is 36.1 Å². The maximum Gasteiger partial charge on any atom is 0.243 e. The summed E-state index contributed by atoms with van der Waals surface area (Å²) in [6.45, 7) is 9.31. The van der Waals surface area contributed by atoms with Gasteiger partial charge in [-0.1, -0.05) is 38.1 Å². The average Bonchev–Trinajstić information content (AvgIpc) is 2.48. The van der Waals surface area contributed by atoms with Crippen molar-refractivity contribution in [1.82, 2.24) is 4.90 Å². The Hall–Kier alpha value is -1.39. The summed E-state index contributed by atoms with van der Waals surface area (Å²) in [5.74, 6) is -0.00305. The first-order valence-electron chi connectivity index (χ1n) is 7.94. The number of ether oxygens (including phenoxy) is 1. The Morgan fingerprint density at radius 2 is 2.05 bits per heavy atom. The van der Waals surface area contributed by atoms with Crippen LogP contribution in [0.3, 0.4) is 0 Å². The van der Waals surface area contributed by atoms with E-state index in [1.165, 1.54) is 5.56 Å². The Morgan fingerprint density at radius 1 is 1.41 bits per heavy atom. The molecule has 1 fully saturated rings. The van der Waals surface area contributed by atoms with Crippen molar-refractivity contribution >= 4 is 5.91 Å². The molecule has 1 aromatic carbocycles. The summed E-state index contributed by atoms with van der Waals surface area (Å²) in [5.41, 5.74) is 7.62. The molecule has 2 unspecified atom stereocenters. The van der Waals surface area contributed by atoms with Gasteiger partial charge in [0.25, 0.3) is 0 Å². The van der Waals surface area contributed by atoms with Crippen molar-refractivity contribution in [3.63, 3.8) is 0 Å². The highest BCUT2D eigenvalue weighted by molar-refractivity contribution is 5.88. The lowest BCUT2D eigenvalue weighted by molar-refractivity contribution is -0.178. The molecule has 0 heterocycles. The van der Waals surface area contributed by atoms with Crippen LogP contribution in [0, 0.1) is 12.3 Å². The predicted octanol–water partition coefficient (Wildman–Crippen LogP) is 2.49. The van der Waals surface area contributed by atoms with Gasteiger partial charge in [-0.3, -0.25) is 4.79 Å². The average molecular weight is 304 g/mol. The molecule has 4 nitrogen and oxygen atoms in total. The quantitative estimate of drug-likeness (QED) is 0.909. The number of nitrogens with two attached hydrogens (primary N) is 1. The molecule has 1 amide bonds. The number of hydrogen-bond acceptors (Lipinski definition) is 3. The summed E-state index contributed by atoms with van der Waals surface area (Å²) in [4.78, 5) is 14.6. The fourth-order valence-electron chi connectivity index (χ4n) is 3.25. The number of carbonyl (C=O) groups is 1. The van der Waals surface area contributed by atoms with Crippen molar-refractivity contribution in [2.24, 2.45) is 11.1 Å². The van der Waals surface area contributed by atoms with Crippen molar-refractivity contribution < 1.29 is 9.53 Å². The van der Waals surface area contributed by atoms with Crippen molar-refractivity contribution in [2.45, 2.75) is 52.3 Å². The molecule has 2 rings (SSSR count). The van der Waals surface area contributed by atoms with Gasteiger partial charge in [-0.05, 0) is 25.0 Å². The van der Waals surface area contributed by atoms with Crippen LogP contribution in [0.15, 0.2) is 24.3 Å². The maximum atomic E-state index is 12.9. The van der Waals surface area contributed by atoms with Gasteiger partial charge >= 0.3 is 0 Å². The lowest BCUT2D eigenvalue weighted by atomic mass is 9.54. The summed E-state index contributed by atoms with van der Waals surface area (Å²) in [5, 5.41) is 0. The lowest BCUT2D eigenvalue weighted by Crippen LogP contribution is -2.75. The van der Waals surface area contributed by atoms with Gasteiger partial charge in [-0.2, -0.15) is 0 Å². The molecular formula is C18H28N2O2. The zero-order valence-corrected chi connectivity index (χ0v) is 14.3. The molecule has 0 aliphatic heterocycles. The van der Waals surface area contributed by atoms with Crippen molar-refractivity contribution in [3.05, 3.63) is 35.4 Å². The molecule has 0 saturated heterocycles. The van der Waals surface area contributed by atoms with Gasteiger partial charge in [0.2, 0.25) is 5.91 Å². The molecular weight excluding hydrogens is 276 g/mol. The molecule has 1 aromatic rings. The maximum absolute atomic E-state index is 12.9. The van der Waals surface area contributed by atoms with Crippen LogP contribution in [0.2, 0.25) is 0 Å². The second-order valence-electron chi connectivity index (χ2n) is 6.93. The first-order chi connectivity index (χ1) is 10.2. The van der Waals surface area contributed by atoms with Crippen LogP contribution in [0.1, 0.15) is 38.3 Å². The van der Waals surface area contributed by atoms with E-state index in [0.29, 0.717) is 19.6 Å². The fraction of sp³-hybridized carbons (Fsp3) is 0.611. The second-order valence-corrected chi connectivity index (χ2v) is 6.93. The van der Waals surface area contributed by atoms with Crippen molar-refractivity contribution in [1.29, 1.82) is 0 Å². The van der Waals surface area contributed by atoms with E-state index in [0.717, 1.165) is 5.56 Å². The highest BCUT2D eigenvalue weighted by atomic mass is 16.5. The third-order valence-corrected chi connectivity index (χ3v) is 5.23. The van der Waals surface area contributed by atoms with E-state index in [9.17, 15) is 4.79 Å². The highest BCUT2D eigenvalue weighted by Crippen LogP contribution is 2.50. The summed E-state index contributed by atoms with van der Waals surface area (Å²) < 4.78 is 5.71. The summed E-state index contributed by atoms with van der Waals surface area (Å²) in [6.07, 6.45) is 0.642. The molecule has 1 saturated carbocycles. The highest BCUT2D eigenvalue weighted by Gasteiger charge is 2.63. The van der Waals surface area contributed by atoms with Gasteiger partial charge in [0.05, 0.1) is 6.10 Å². The molecule has 122 valence electrons. The van der Waals surface area contributed by atoms with E-state index in [2.05, 4.69) is 19.1 Å². The Morgan fingerprint density at radius 3 is 2.59 bits per heavy atom. The number of aryl methyl sites for hydroxylation is 1. The fourth-order valence-corrected chi connectivity index (χ4v) is 3.25. The minimum Gasteiger partial charge on any atom is -0.378 e. The molecule has 22 heavy (non-hydrogen) atoms. The van der Waals surface area contributed by atoms with Crippen LogP contribution in [0.25, 0.3) is 0 Å². The van der Waals surface area contributed by atoms with E-state index < -0.39 is 5.54 Å². The minimum absolute atomic E-state index is 0.00305. The Balaban J connectivity index is 2.10. The number of likely N-dealkylation sites (N-methyl/N-ethyl adjacent to an activating group) is 1. The van der Waals surface area contributed by atoms with Gasteiger partial charge in [0.15, 0.2) is 0 Å². The van der Waals surface area contributed by atoms with Gasteiger partial charge in [-0.15, -0.1) is 0 Å². The van der Waals surface area contributed by atoms with Crippen LogP contribution in [-0.2, 0) is 16.1 Å². The Labute approximate surface area is 133 Å². The normalized spacial score (nSPS) is 26.4. The molecule has 4 heteroatoms. The van der Waals surface area contributed by atoms with E-state index in [4.69, 9.17) is 10.5 Å². The molecule has 1 aliphatic carbocycles. The predicted molar refractivity (Wildman–Crippen MR) is 88.4 cm³/mol. The van der Waals surface area contributed by atoms with Gasteiger partial charge < -0.3 is 15.4 Å². The number of benzene rings is 1. The van der Waals surface area contributed by atoms with Crippen LogP contribution >= 0.6 is 0 Å². The third-order valence-electron chi connectivity index (χ3n) is 5.23. The summed E-state index contributed by atoms with van der Waals surface area (Å²) in [7, 11) is 1.83. The zero-order valence-electron chi connectivity index (χ0n) is 14.3. The van der Waals surface area contributed by atoms with E-state index in [1.807, 2.05) is 40.0 Å². The molecule has 2 atom stereocenters. The number of hydrogen-bond donors (Lipinski definition) is 1. The molecule has 0 aromatic heterocycles. The van der Waals surface area contributed by atoms with E-state index in [-0.39, 0.29) is 17.4 Å². The Kier molecular flexibility index (Phi) is 4.64. The smallest absolute Gasteiger partial charge is 0.243 e. The van der Waals surface area contributed by atoms with Gasteiger partial charge in [0, 0.05) is 32.0 Å². The monoisotopic (exact) mass is 304 g/mol. The van der Waals surface area contributed by atoms with Gasteiger partial charge in [-0.25, -0.2) is 0 Å².